The Morgan fingerprint density at radius 2 is 1.89 bits per heavy atom. The highest BCUT2D eigenvalue weighted by atomic mass is 19.4. The number of likely N-dealkylation sites (N-methyl/N-ethyl adjacent to an activating group) is 1. The first-order valence-corrected chi connectivity index (χ1v) is 14.8. The number of para-hydroxylation sites is 1. The normalized spacial score (nSPS) is 23.4. The van der Waals surface area contributed by atoms with Crippen molar-refractivity contribution >= 4 is 34.9 Å². The topological polar surface area (TPSA) is 94.9 Å². The van der Waals surface area contributed by atoms with Gasteiger partial charge in [-0.15, -0.1) is 0 Å². The Balaban J connectivity index is 1.35. The summed E-state index contributed by atoms with van der Waals surface area (Å²) in [6.07, 6.45) is -1.55. The number of pyridine rings is 1. The number of anilines is 3. The second-order valence-corrected chi connectivity index (χ2v) is 12.1. The minimum absolute atomic E-state index is 0.0579. The van der Waals surface area contributed by atoms with E-state index < -0.39 is 47.7 Å². The number of alkyl halides is 4. The number of fused-ring (bicyclic) bond motifs is 2. The molecule has 10 nitrogen and oxygen atoms in total. The van der Waals surface area contributed by atoms with Crippen LogP contribution in [0.1, 0.15) is 34.8 Å². The number of aromatic nitrogens is 3. The molecule has 0 radical (unpaired) electrons. The predicted molar refractivity (Wildman–Crippen MR) is 162 cm³/mol. The molecular formula is C32H33F4N7O3. The molecule has 0 aliphatic carbocycles. The molecule has 0 N–H and O–H groups in total. The molecule has 1 aromatic carbocycles. The number of nitrogens with zero attached hydrogens (tertiary/aromatic N) is 7. The molecule has 3 amide bonds. The maximum absolute atomic E-state index is 15.0. The van der Waals surface area contributed by atoms with Gasteiger partial charge in [0, 0.05) is 56.5 Å². The lowest BCUT2D eigenvalue weighted by Gasteiger charge is -2.39. The molecule has 2 aromatic heterocycles. The van der Waals surface area contributed by atoms with Gasteiger partial charge >= 0.3 is 6.18 Å². The quantitative estimate of drug-likeness (QED) is 0.307. The van der Waals surface area contributed by atoms with Crippen LogP contribution >= 0.6 is 0 Å². The van der Waals surface area contributed by atoms with Crippen LogP contribution in [0, 0.1) is 19.8 Å². The van der Waals surface area contributed by atoms with E-state index in [-0.39, 0.29) is 50.0 Å². The van der Waals surface area contributed by atoms with Crippen molar-refractivity contribution in [1.82, 2.24) is 19.7 Å². The summed E-state index contributed by atoms with van der Waals surface area (Å²) < 4.78 is 57.6. The molecule has 46 heavy (non-hydrogen) atoms. The van der Waals surface area contributed by atoms with Gasteiger partial charge in [-0.05, 0) is 43.7 Å². The summed E-state index contributed by atoms with van der Waals surface area (Å²) in [5, 5.41) is 4.41. The van der Waals surface area contributed by atoms with E-state index in [1.54, 1.807) is 31.6 Å². The van der Waals surface area contributed by atoms with Crippen LogP contribution in [0.2, 0.25) is 0 Å². The minimum atomic E-state index is -4.66. The molecule has 14 heteroatoms. The molecular weight excluding hydrogens is 606 g/mol. The Kier molecular flexibility index (Phi) is 7.85. The highest BCUT2D eigenvalue weighted by Crippen LogP contribution is 2.42. The third-order valence-corrected chi connectivity index (χ3v) is 8.95. The molecule has 3 aromatic rings. The SMILES string of the molecule is C=CC(=O)N1C[C@H](F)[C@@H](n2cc(CN3C[C@H]4CC(=O)N(c5cc(C(F)(F)F)cc(C)n5)[C@@H]4C(=O)N(C)c4cccc(C)c43)cn2)C1. The van der Waals surface area contributed by atoms with E-state index in [1.165, 1.54) is 21.4 Å². The van der Waals surface area contributed by atoms with Crippen LogP contribution in [0.4, 0.5) is 34.8 Å². The largest absolute Gasteiger partial charge is 0.416 e. The number of likely N-dealkylation sites (tertiary alicyclic amines) is 1. The van der Waals surface area contributed by atoms with E-state index >= 15 is 0 Å². The summed E-state index contributed by atoms with van der Waals surface area (Å²) in [5.74, 6) is -2.07. The number of halogens is 4. The Morgan fingerprint density at radius 1 is 1.13 bits per heavy atom. The van der Waals surface area contributed by atoms with Gasteiger partial charge in [0.1, 0.15) is 24.1 Å². The van der Waals surface area contributed by atoms with Gasteiger partial charge in [-0.1, -0.05) is 18.7 Å². The number of rotatable bonds is 5. The molecule has 0 spiro atoms. The van der Waals surface area contributed by atoms with Crippen molar-refractivity contribution in [3.8, 4) is 0 Å². The van der Waals surface area contributed by atoms with E-state index in [9.17, 15) is 31.9 Å². The van der Waals surface area contributed by atoms with Crippen LogP contribution in [0.15, 0.2) is 55.4 Å². The molecule has 0 saturated carbocycles. The van der Waals surface area contributed by atoms with E-state index in [2.05, 4.69) is 16.7 Å². The van der Waals surface area contributed by atoms with Crippen LogP contribution < -0.4 is 14.7 Å². The molecule has 242 valence electrons. The smallest absolute Gasteiger partial charge is 0.365 e. The zero-order valence-electron chi connectivity index (χ0n) is 25.5. The van der Waals surface area contributed by atoms with Crippen LogP contribution in [-0.2, 0) is 27.1 Å². The Morgan fingerprint density at radius 3 is 2.61 bits per heavy atom. The fourth-order valence-corrected chi connectivity index (χ4v) is 6.81. The van der Waals surface area contributed by atoms with Crippen molar-refractivity contribution in [3.63, 3.8) is 0 Å². The Hall–Kier alpha value is -4.75. The third kappa shape index (κ3) is 5.49. The first kappa shape index (κ1) is 31.2. The van der Waals surface area contributed by atoms with Crippen molar-refractivity contribution in [3.05, 3.63) is 77.8 Å². The lowest BCUT2D eigenvalue weighted by Crippen LogP contribution is -2.52. The molecule has 3 aliphatic heterocycles. The average Bonchev–Trinajstić information content (AvgIpc) is 3.70. The molecule has 2 fully saturated rings. The van der Waals surface area contributed by atoms with Gasteiger partial charge in [0.05, 0.1) is 29.7 Å². The number of carbonyl (C=O) groups excluding carboxylic acids is 3. The standard InChI is InChI=1S/C32H33F4N7O3/c1-5-27(44)40-16-23(33)25(17-40)42-14-20(12-37-42)13-41-15-21-10-28(45)43(26-11-22(32(34,35)36)9-19(3)38-26)30(21)31(46)39(4)24-8-6-7-18(2)29(24)41/h5-9,11-12,14,21,23,25,30H,1,10,13,15-17H2,2-4H3/t21-,23+,25+,30+/m1/s1. The number of amides is 3. The summed E-state index contributed by atoms with van der Waals surface area (Å²) >= 11 is 0. The van der Waals surface area contributed by atoms with E-state index in [1.807, 2.05) is 17.9 Å². The maximum Gasteiger partial charge on any atom is 0.416 e. The van der Waals surface area contributed by atoms with Gasteiger partial charge < -0.3 is 14.7 Å². The first-order valence-electron chi connectivity index (χ1n) is 14.8. The van der Waals surface area contributed by atoms with Crippen LogP contribution in [0.25, 0.3) is 0 Å². The zero-order chi connectivity index (χ0) is 33.1. The summed E-state index contributed by atoms with van der Waals surface area (Å²) in [7, 11) is 1.59. The van der Waals surface area contributed by atoms with Crippen LogP contribution in [-0.4, -0.2) is 76.3 Å². The van der Waals surface area contributed by atoms with E-state index in [0.29, 0.717) is 5.69 Å². The number of carbonyl (C=O) groups is 3. The fourth-order valence-electron chi connectivity index (χ4n) is 6.81. The van der Waals surface area contributed by atoms with Crippen LogP contribution in [0.3, 0.4) is 0 Å². The van der Waals surface area contributed by atoms with Crippen molar-refractivity contribution in [2.45, 2.75) is 51.2 Å². The van der Waals surface area contributed by atoms with E-state index in [0.717, 1.165) is 39.9 Å². The average molecular weight is 640 g/mol. The van der Waals surface area contributed by atoms with Gasteiger partial charge in [-0.25, -0.2) is 9.37 Å². The van der Waals surface area contributed by atoms with Gasteiger partial charge in [0.2, 0.25) is 17.7 Å². The molecule has 5 heterocycles. The lowest BCUT2D eigenvalue weighted by atomic mass is 9.94. The number of aryl methyl sites for hydroxylation is 2. The molecule has 0 bridgehead atoms. The van der Waals surface area contributed by atoms with E-state index in [4.69, 9.17) is 0 Å². The van der Waals surface area contributed by atoms with Crippen molar-refractivity contribution in [2.24, 2.45) is 5.92 Å². The molecule has 6 rings (SSSR count). The summed E-state index contributed by atoms with van der Waals surface area (Å²) in [6.45, 7) is 7.40. The number of hydrogen-bond donors (Lipinski definition) is 0. The first-order chi connectivity index (χ1) is 21.8. The highest BCUT2D eigenvalue weighted by molar-refractivity contribution is 6.10. The Bertz CT molecular complexity index is 1720. The summed E-state index contributed by atoms with van der Waals surface area (Å²) in [6, 6.07) is 5.45. The van der Waals surface area contributed by atoms with Crippen LogP contribution in [0.5, 0.6) is 0 Å². The summed E-state index contributed by atoms with van der Waals surface area (Å²) in [4.78, 5) is 49.9. The van der Waals surface area contributed by atoms with Gasteiger partial charge in [0.25, 0.3) is 0 Å². The predicted octanol–water partition coefficient (Wildman–Crippen LogP) is 4.23. The molecule has 2 saturated heterocycles. The monoisotopic (exact) mass is 639 g/mol. The second-order valence-electron chi connectivity index (χ2n) is 12.1. The lowest BCUT2D eigenvalue weighted by molar-refractivity contribution is -0.137. The van der Waals surface area contributed by atoms with Gasteiger partial charge in [-0.3, -0.25) is 24.0 Å². The van der Waals surface area contributed by atoms with Crippen molar-refractivity contribution in [2.75, 3.05) is 41.4 Å². The highest BCUT2D eigenvalue weighted by Gasteiger charge is 2.49. The number of hydrogen-bond acceptors (Lipinski definition) is 6. The van der Waals surface area contributed by atoms with Crippen molar-refractivity contribution < 1.29 is 31.9 Å². The van der Waals surface area contributed by atoms with Crippen molar-refractivity contribution in [1.29, 1.82) is 0 Å². The Labute approximate surface area is 262 Å². The number of benzene rings is 1. The maximum atomic E-state index is 15.0. The summed E-state index contributed by atoms with van der Waals surface area (Å²) in [5.41, 5.74) is 2.06. The molecule has 0 unspecified atom stereocenters. The zero-order valence-corrected chi connectivity index (χ0v) is 25.5. The fraction of sp³-hybridized carbons (Fsp3) is 0.406. The van der Waals surface area contributed by atoms with Gasteiger partial charge in [-0.2, -0.15) is 18.3 Å². The molecule has 3 aliphatic rings. The molecule has 4 atom stereocenters. The third-order valence-electron chi connectivity index (χ3n) is 8.95. The second kappa shape index (κ2) is 11.6. The minimum Gasteiger partial charge on any atom is -0.365 e. The van der Waals surface area contributed by atoms with Gasteiger partial charge in [0.15, 0.2) is 0 Å².